The minimum Gasteiger partial charge on any atom is -0.352 e. The first-order valence-corrected chi connectivity index (χ1v) is 5.58. The first-order chi connectivity index (χ1) is 7.79. The molecule has 1 aromatic carbocycles. The first-order valence-electron chi connectivity index (χ1n) is 5.58. The number of carbonyl (C=O) groups excluding carboxylic acids is 1. The fourth-order valence-electron chi connectivity index (χ4n) is 1.63. The molecule has 2 rings (SSSR count). The van der Waals surface area contributed by atoms with Gasteiger partial charge in [-0.25, -0.2) is 0 Å². The minimum atomic E-state index is -0.0854. The second kappa shape index (κ2) is 4.80. The molecule has 0 aromatic heterocycles. The van der Waals surface area contributed by atoms with Crippen LogP contribution in [0.2, 0.25) is 0 Å². The summed E-state index contributed by atoms with van der Waals surface area (Å²) in [6.07, 6.45) is 3.68. The zero-order chi connectivity index (χ0) is 11.4. The monoisotopic (exact) mass is 214 g/mol. The van der Waals surface area contributed by atoms with Gasteiger partial charge in [-0.05, 0) is 30.5 Å². The summed E-state index contributed by atoms with van der Waals surface area (Å²) in [4.78, 5) is 11.7. The van der Waals surface area contributed by atoms with Crippen LogP contribution in [0.3, 0.4) is 0 Å². The van der Waals surface area contributed by atoms with E-state index >= 15 is 0 Å². The Bertz CT molecular complexity index is 430. The van der Waals surface area contributed by atoms with E-state index in [9.17, 15) is 4.79 Å². The van der Waals surface area contributed by atoms with Gasteiger partial charge in [-0.3, -0.25) is 4.79 Å². The van der Waals surface area contributed by atoms with E-state index in [0.717, 1.165) is 18.9 Å². The quantitative estimate of drug-likeness (QED) is 0.834. The largest absolute Gasteiger partial charge is 0.352 e. The molecule has 1 amide bonds. The fourth-order valence-corrected chi connectivity index (χ4v) is 1.63. The molecular formula is C13H14N2O. The molecular weight excluding hydrogens is 200 g/mol. The van der Waals surface area contributed by atoms with Gasteiger partial charge in [0.1, 0.15) is 0 Å². The Morgan fingerprint density at radius 2 is 2.31 bits per heavy atom. The molecule has 82 valence electrons. The number of nitriles is 1. The average molecular weight is 214 g/mol. The van der Waals surface area contributed by atoms with Crippen molar-refractivity contribution in [2.45, 2.75) is 19.3 Å². The lowest BCUT2D eigenvalue weighted by Crippen LogP contribution is -2.24. The number of hydrogen-bond donors (Lipinski definition) is 1. The summed E-state index contributed by atoms with van der Waals surface area (Å²) < 4.78 is 0. The zero-order valence-corrected chi connectivity index (χ0v) is 9.07. The van der Waals surface area contributed by atoms with E-state index in [1.165, 1.54) is 12.8 Å². The van der Waals surface area contributed by atoms with E-state index < -0.39 is 0 Å². The van der Waals surface area contributed by atoms with Crippen molar-refractivity contribution in [3.8, 4) is 6.07 Å². The second-order valence-corrected chi connectivity index (χ2v) is 4.18. The SMILES string of the molecule is N#Cc1cccc(C(=O)NCCC2CC2)c1. The van der Waals surface area contributed by atoms with Crippen molar-refractivity contribution in [2.24, 2.45) is 5.92 Å². The van der Waals surface area contributed by atoms with E-state index in [1.807, 2.05) is 6.07 Å². The molecule has 0 unspecified atom stereocenters. The molecule has 1 aliphatic rings. The Labute approximate surface area is 95.1 Å². The highest BCUT2D eigenvalue weighted by Crippen LogP contribution is 2.31. The predicted molar refractivity (Wildman–Crippen MR) is 60.8 cm³/mol. The highest BCUT2D eigenvalue weighted by molar-refractivity contribution is 5.94. The van der Waals surface area contributed by atoms with Crippen molar-refractivity contribution in [3.05, 3.63) is 35.4 Å². The van der Waals surface area contributed by atoms with Gasteiger partial charge >= 0.3 is 0 Å². The van der Waals surface area contributed by atoms with E-state index in [1.54, 1.807) is 24.3 Å². The van der Waals surface area contributed by atoms with Gasteiger partial charge in [0.05, 0.1) is 11.6 Å². The van der Waals surface area contributed by atoms with Crippen LogP contribution in [0.1, 0.15) is 35.2 Å². The van der Waals surface area contributed by atoms with Crippen LogP contribution in [0, 0.1) is 17.2 Å². The summed E-state index contributed by atoms with van der Waals surface area (Å²) in [5.41, 5.74) is 1.09. The molecule has 0 spiro atoms. The fraction of sp³-hybridized carbons (Fsp3) is 0.385. The number of nitrogens with zero attached hydrogens (tertiary/aromatic N) is 1. The van der Waals surface area contributed by atoms with Gasteiger partial charge in [-0.1, -0.05) is 18.9 Å². The summed E-state index contributed by atoms with van der Waals surface area (Å²) in [6, 6.07) is 8.80. The average Bonchev–Trinajstić information content (AvgIpc) is 3.13. The molecule has 0 saturated heterocycles. The Balaban J connectivity index is 1.89. The Hall–Kier alpha value is -1.82. The maximum Gasteiger partial charge on any atom is 0.251 e. The molecule has 1 N–H and O–H groups in total. The number of rotatable bonds is 4. The third kappa shape index (κ3) is 2.83. The van der Waals surface area contributed by atoms with Gasteiger partial charge in [0.15, 0.2) is 0 Å². The molecule has 1 aliphatic carbocycles. The van der Waals surface area contributed by atoms with Crippen LogP contribution in [0.4, 0.5) is 0 Å². The third-order valence-electron chi connectivity index (χ3n) is 2.79. The molecule has 0 heterocycles. The Kier molecular flexibility index (Phi) is 3.21. The van der Waals surface area contributed by atoms with E-state index in [4.69, 9.17) is 5.26 Å². The molecule has 3 nitrogen and oxygen atoms in total. The van der Waals surface area contributed by atoms with Gasteiger partial charge < -0.3 is 5.32 Å². The van der Waals surface area contributed by atoms with E-state index in [0.29, 0.717) is 11.1 Å². The second-order valence-electron chi connectivity index (χ2n) is 4.18. The minimum absolute atomic E-state index is 0.0854. The van der Waals surface area contributed by atoms with Crippen molar-refractivity contribution in [1.82, 2.24) is 5.32 Å². The molecule has 0 radical (unpaired) electrons. The molecule has 0 atom stereocenters. The highest BCUT2D eigenvalue weighted by Gasteiger charge is 2.20. The van der Waals surface area contributed by atoms with Crippen molar-refractivity contribution in [2.75, 3.05) is 6.54 Å². The summed E-state index contributed by atoms with van der Waals surface area (Å²) in [5, 5.41) is 11.6. The molecule has 0 aliphatic heterocycles. The maximum absolute atomic E-state index is 11.7. The van der Waals surface area contributed by atoms with E-state index in [2.05, 4.69) is 5.32 Å². The number of amides is 1. The van der Waals surface area contributed by atoms with Crippen molar-refractivity contribution >= 4 is 5.91 Å². The number of hydrogen-bond acceptors (Lipinski definition) is 2. The Morgan fingerprint density at radius 1 is 1.50 bits per heavy atom. The van der Waals surface area contributed by atoms with Crippen molar-refractivity contribution in [1.29, 1.82) is 5.26 Å². The molecule has 1 fully saturated rings. The first kappa shape index (κ1) is 10.7. The molecule has 1 aromatic rings. The summed E-state index contributed by atoms with van der Waals surface area (Å²) >= 11 is 0. The van der Waals surface area contributed by atoms with Crippen molar-refractivity contribution in [3.63, 3.8) is 0 Å². The van der Waals surface area contributed by atoms with Gasteiger partial charge in [0.25, 0.3) is 5.91 Å². The standard InChI is InChI=1S/C13H14N2O/c14-9-11-2-1-3-12(8-11)13(16)15-7-6-10-4-5-10/h1-3,8,10H,4-7H2,(H,15,16). The highest BCUT2D eigenvalue weighted by atomic mass is 16.1. The lowest BCUT2D eigenvalue weighted by Gasteiger charge is -2.04. The van der Waals surface area contributed by atoms with Crippen molar-refractivity contribution < 1.29 is 4.79 Å². The van der Waals surface area contributed by atoms with E-state index in [-0.39, 0.29) is 5.91 Å². The maximum atomic E-state index is 11.7. The van der Waals surface area contributed by atoms with Crippen LogP contribution in [-0.2, 0) is 0 Å². The molecule has 3 heteroatoms. The number of benzene rings is 1. The summed E-state index contributed by atoms with van der Waals surface area (Å²) in [5.74, 6) is 0.739. The van der Waals surface area contributed by atoms with Gasteiger partial charge in [-0.2, -0.15) is 5.26 Å². The third-order valence-corrected chi connectivity index (χ3v) is 2.79. The molecule has 1 saturated carbocycles. The molecule has 16 heavy (non-hydrogen) atoms. The lowest BCUT2D eigenvalue weighted by molar-refractivity contribution is 0.0952. The van der Waals surface area contributed by atoms with Crippen LogP contribution < -0.4 is 5.32 Å². The van der Waals surface area contributed by atoms with Gasteiger partial charge in [0, 0.05) is 12.1 Å². The van der Waals surface area contributed by atoms with Crippen LogP contribution in [0.25, 0.3) is 0 Å². The van der Waals surface area contributed by atoms with Gasteiger partial charge in [-0.15, -0.1) is 0 Å². The zero-order valence-electron chi connectivity index (χ0n) is 9.07. The van der Waals surface area contributed by atoms with Crippen LogP contribution in [0.5, 0.6) is 0 Å². The van der Waals surface area contributed by atoms with Gasteiger partial charge in [0.2, 0.25) is 0 Å². The number of carbonyl (C=O) groups is 1. The lowest BCUT2D eigenvalue weighted by atomic mass is 10.1. The van der Waals surface area contributed by atoms with Crippen LogP contribution in [-0.4, -0.2) is 12.5 Å². The molecule has 0 bridgehead atoms. The number of nitrogens with one attached hydrogen (secondary N) is 1. The Morgan fingerprint density at radius 3 is 3.00 bits per heavy atom. The summed E-state index contributed by atoms with van der Waals surface area (Å²) in [7, 11) is 0. The summed E-state index contributed by atoms with van der Waals surface area (Å²) in [6.45, 7) is 0.736. The predicted octanol–water partition coefficient (Wildman–Crippen LogP) is 2.09. The topological polar surface area (TPSA) is 52.9 Å². The smallest absolute Gasteiger partial charge is 0.251 e. The van der Waals surface area contributed by atoms with Crippen LogP contribution in [0.15, 0.2) is 24.3 Å². The van der Waals surface area contributed by atoms with Crippen LogP contribution >= 0.6 is 0 Å². The normalized spacial score (nSPS) is 14.2.